The molecule has 0 N–H and O–H groups in total. The van der Waals surface area contributed by atoms with Crippen molar-refractivity contribution in [3.05, 3.63) is 23.9 Å². The molecule has 2 amide bonds. The van der Waals surface area contributed by atoms with Crippen LogP contribution in [0.2, 0.25) is 0 Å². The molecular weight excluding hydrogens is 309 g/mol. The Morgan fingerprint density at radius 3 is 2.61 bits per heavy atom. The fourth-order valence-electron chi connectivity index (χ4n) is 2.71. The maximum absolute atomic E-state index is 12.8. The number of piperidine rings is 1. The molecular formula is C15H21F3N4O. The molecule has 0 bridgehead atoms. The van der Waals surface area contributed by atoms with Crippen LogP contribution < -0.4 is 4.90 Å². The number of pyridine rings is 1. The number of carbonyl (C=O) groups excluding carboxylic acids is 1. The second kappa shape index (κ2) is 6.64. The zero-order chi connectivity index (χ0) is 17.2. The van der Waals surface area contributed by atoms with E-state index < -0.39 is 11.9 Å². The van der Waals surface area contributed by atoms with E-state index in [0.717, 1.165) is 18.9 Å². The molecule has 0 spiro atoms. The molecule has 1 saturated heterocycles. The SMILES string of the molecule is CN(C)C(=O)N(C)C1CCCN(c2cccc(C(F)(F)F)n2)C1. The molecule has 1 fully saturated rings. The number of urea groups is 1. The first-order valence-electron chi connectivity index (χ1n) is 7.43. The fraction of sp³-hybridized carbons (Fsp3) is 0.600. The second-order valence-corrected chi connectivity index (χ2v) is 5.91. The first-order valence-corrected chi connectivity index (χ1v) is 7.43. The number of amides is 2. The largest absolute Gasteiger partial charge is 0.433 e. The van der Waals surface area contributed by atoms with Gasteiger partial charge < -0.3 is 14.7 Å². The Hall–Kier alpha value is -1.99. The highest BCUT2D eigenvalue weighted by molar-refractivity contribution is 5.74. The first-order chi connectivity index (χ1) is 10.7. The van der Waals surface area contributed by atoms with E-state index >= 15 is 0 Å². The van der Waals surface area contributed by atoms with Crippen LogP contribution in [-0.2, 0) is 6.18 Å². The van der Waals surface area contributed by atoms with Gasteiger partial charge in [0.25, 0.3) is 0 Å². The highest BCUT2D eigenvalue weighted by Gasteiger charge is 2.33. The van der Waals surface area contributed by atoms with Crippen LogP contribution >= 0.6 is 0 Å². The van der Waals surface area contributed by atoms with E-state index in [2.05, 4.69) is 4.98 Å². The highest BCUT2D eigenvalue weighted by Crippen LogP contribution is 2.29. The smallest absolute Gasteiger partial charge is 0.355 e. The maximum atomic E-state index is 12.8. The van der Waals surface area contributed by atoms with Crippen LogP contribution in [0.15, 0.2) is 18.2 Å². The van der Waals surface area contributed by atoms with Gasteiger partial charge in [-0.25, -0.2) is 9.78 Å². The molecule has 1 aromatic rings. The van der Waals surface area contributed by atoms with Gasteiger partial charge in [0, 0.05) is 34.2 Å². The zero-order valence-corrected chi connectivity index (χ0v) is 13.5. The van der Waals surface area contributed by atoms with Crippen molar-refractivity contribution in [1.29, 1.82) is 0 Å². The van der Waals surface area contributed by atoms with E-state index in [9.17, 15) is 18.0 Å². The molecule has 1 aliphatic rings. The van der Waals surface area contributed by atoms with Crippen molar-refractivity contribution in [3.63, 3.8) is 0 Å². The van der Waals surface area contributed by atoms with Crippen LogP contribution in [0.4, 0.5) is 23.8 Å². The number of likely N-dealkylation sites (N-methyl/N-ethyl adjacent to an activating group) is 1. The standard InChI is InChI=1S/C15H21F3N4O/c1-20(2)14(23)21(3)11-6-5-9-22(10-11)13-8-4-7-12(19-13)15(16,17)18/h4,7-8,11H,5-6,9-10H2,1-3H3. The summed E-state index contributed by atoms with van der Waals surface area (Å²) >= 11 is 0. The van der Waals surface area contributed by atoms with E-state index in [-0.39, 0.29) is 12.1 Å². The van der Waals surface area contributed by atoms with Gasteiger partial charge in [-0.05, 0) is 25.0 Å². The van der Waals surface area contributed by atoms with Gasteiger partial charge in [-0.1, -0.05) is 6.07 Å². The Labute approximate surface area is 133 Å². The summed E-state index contributed by atoms with van der Waals surface area (Å²) in [5.74, 6) is 0.301. The molecule has 2 heterocycles. The topological polar surface area (TPSA) is 39.7 Å². The third-order valence-corrected chi connectivity index (χ3v) is 3.98. The van der Waals surface area contributed by atoms with Crippen molar-refractivity contribution in [2.24, 2.45) is 0 Å². The minimum atomic E-state index is -4.46. The number of alkyl halides is 3. The summed E-state index contributed by atoms with van der Waals surface area (Å²) in [5.41, 5.74) is -0.894. The molecule has 0 aromatic carbocycles. The predicted molar refractivity (Wildman–Crippen MR) is 81.3 cm³/mol. The summed E-state index contributed by atoms with van der Waals surface area (Å²) in [4.78, 5) is 20.7. The first kappa shape index (κ1) is 17.4. The van der Waals surface area contributed by atoms with Crippen molar-refractivity contribution >= 4 is 11.8 Å². The Balaban J connectivity index is 2.14. The minimum Gasteiger partial charge on any atom is -0.355 e. The number of hydrogen-bond donors (Lipinski definition) is 0. The molecule has 5 nitrogen and oxygen atoms in total. The van der Waals surface area contributed by atoms with Gasteiger partial charge in [0.2, 0.25) is 0 Å². The molecule has 23 heavy (non-hydrogen) atoms. The van der Waals surface area contributed by atoms with Crippen molar-refractivity contribution < 1.29 is 18.0 Å². The lowest BCUT2D eigenvalue weighted by Gasteiger charge is -2.39. The summed E-state index contributed by atoms with van der Waals surface area (Å²) in [6.45, 7) is 1.11. The van der Waals surface area contributed by atoms with Crippen LogP contribution in [0, 0.1) is 0 Å². The fourth-order valence-corrected chi connectivity index (χ4v) is 2.71. The van der Waals surface area contributed by atoms with Gasteiger partial charge in [0.05, 0.1) is 6.04 Å². The minimum absolute atomic E-state index is 0.0463. The molecule has 1 unspecified atom stereocenters. The van der Waals surface area contributed by atoms with E-state index in [0.29, 0.717) is 18.9 Å². The van der Waals surface area contributed by atoms with Gasteiger partial charge in [-0.3, -0.25) is 0 Å². The summed E-state index contributed by atoms with van der Waals surface area (Å²) in [6, 6.07) is 3.74. The van der Waals surface area contributed by atoms with Gasteiger partial charge >= 0.3 is 12.2 Å². The van der Waals surface area contributed by atoms with E-state index in [1.807, 2.05) is 4.90 Å². The van der Waals surface area contributed by atoms with Gasteiger partial charge in [0.15, 0.2) is 0 Å². The molecule has 0 radical (unpaired) electrons. The number of aromatic nitrogens is 1. The quantitative estimate of drug-likeness (QED) is 0.837. The van der Waals surface area contributed by atoms with Crippen LogP contribution in [0.1, 0.15) is 18.5 Å². The predicted octanol–water partition coefficient (Wildman–Crippen LogP) is 2.68. The summed E-state index contributed by atoms with van der Waals surface area (Å²) in [6.07, 6.45) is -2.83. The normalized spacial score (nSPS) is 18.7. The monoisotopic (exact) mass is 330 g/mol. The molecule has 0 saturated carbocycles. The maximum Gasteiger partial charge on any atom is 0.433 e. The number of halogens is 3. The van der Waals surface area contributed by atoms with Crippen molar-refractivity contribution in [1.82, 2.24) is 14.8 Å². The third-order valence-electron chi connectivity index (χ3n) is 3.98. The van der Waals surface area contributed by atoms with Crippen molar-refractivity contribution in [2.75, 3.05) is 39.1 Å². The second-order valence-electron chi connectivity index (χ2n) is 5.91. The number of anilines is 1. The van der Waals surface area contributed by atoms with Crippen LogP contribution in [0.25, 0.3) is 0 Å². The van der Waals surface area contributed by atoms with Crippen LogP contribution in [0.5, 0.6) is 0 Å². The van der Waals surface area contributed by atoms with Crippen LogP contribution in [0.3, 0.4) is 0 Å². The van der Waals surface area contributed by atoms with E-state index in [1.165, 1.54) is 11.0 Å². The molecule has 0 aliphatic carbocycles. The van der Waals surface area contributed by atoms with Gasteiger partial charge in [-0.2, -0.15) is 13.2 Å². The third kappa shape index (κ3) is 4.05. The van der Waals surface area contributed by atoms with E-state index in [4.69, 9.17) is 0 Å². The summed E-state index contributed by atoms with van der Waals surface area (Å²) in [5, 5.41) is 0. The molecule has 1 aromatic heterocycles. The molecule has 128 valence electrons. The zero-order valence-electron chi connectivity index (χ0n) is 13.5. The average molecular weight is 330 g/mol. The summed E-state index contributed by atoms with van der Waals surface area (Å²) in [7, 11) is 5.07. The Kier molecular flexibility index (Phi) is 5.01. The number of rotatable bonds is 2. The molecule has 2 rings (SSSR count). The lowest BCUT2D eigenvalue weighted by atomic mass is 10.0. The van der Waals surface area contributed by atoms with Gasteiger partial charge in [0.1, 0.15) is 11.5 Å². The highest BCUT2D eigenvalue weighted by atomic mass is 19.4. The Morgan fingerprint density at radius 1 is 1.30 bits per heavy atom. The Bertz CT molecular complexity index is 562. The molecule has 1 atom stereocenters. The van der Waals surface area contributed by atoms with Crippen molar-refractivity contribution in [2.45, 2.75) is 25.1 Å². The van der Waals surface area contributed by atoms with Crippen molar-refractivity contribution in [3.8, 4) is 0 Å². The lowest BCUT2D eigenvalue weighted by Crippen LogP contribution is -2.51. The number of carbonyl (C=O) groups is 1. The van der Waals surface area contributed by atoms with E-state index in [1.54, 1.807) is 32.1 Å². The average Bonchev–Trinajstić information content (AvgIpc) is 2.53. The lowest BCUT2D eigenvalue weighted by molar-refractivity contribution is -0.141. The summed E-state index contributed by atoms with van der Waals surface area (Å²) < 4.78 is 38.4. The number of hydrogen-bond acceptors (Lipinski definition) is 3. The molecule has 8 heteroatoms. The van der Waals surface area contributed by atoms with Gasteiger partial charge in [-0.15, -0.1) is 0 Å². The molecule has 1 aliphatic heterocycles. The van der Waals surface area contributed by atoms with Crippen LogP contribution in [-0.4, -0.2) is 61.1 Å². The Morgan fingerprint density at radius 2 is 2.00 bits per heavy atom. The number of nitrogens with zero attached hydrogens (tertiary/aromatic N) is 4.